The van der Waals surface area contributed by atoms with Crippen molar-refractivity contribution in [2.24, 2.45) is 17.8 Å². The van der Waals surface area contributed by atoms with Gasteiger partial charge in [-0.15, -0.1) is 0 Å². The van der Waals surface area contributed by atoms with E-state index in [1.54, 1.807) is 6.07 Å². The van der Waals surface area contributed by atoms with Gasteiger partial charge in [-0.2, -0.15) is 0 Å². The minimum absolute atomic E-state index is 0.0778. The molecule has 134 valence electrons. The van der Waals surface area contributed by atoms with Crippen molar-refractivity contribution in [2.75, 3.05) is 19.5 Å². The van der Waals surface area contributed by atoms with Crippen molar-refractivity contribution in [1.29, 1.82) is 0 Å². The van der Waals surface area contributed by atoms with E-state index < -0.39 is 5.97 Å². The molecule has 0 spiro atoms. The Labute approximate surface area is 146 Å². The van der Waals surface area contributed by atoms with Crippen LogP contribution in [0, 0.1) is 17.8 Å². The van der Waals surface area contributed by atoms with Crippen molar-refractivity contribution in [1.82, 2.24) is 0 Å². The molecule has 25 heavy (non-hydrogen) atoms. The normalized spacial score (nSPS) is 26.3. The molecule has 2 aliphatic carbocycles. The number of carbonyl (C=O) groups is 2. The molecule has 1 aromatic rings. The molecule has 0 aromatic heterocycles. The van der Waals surface area contributed by atoms with Gasteiger partial charge >= 0.3 is 5.97 Å². The van der Waals surface area contributed by atoms with E-state index in [1.165, 1.54) is 33.5 Å². The number of rotatable bonds is 5. The first-order chi connectivity index (χ1) is 12.1. The first kappa shape index (κ1) is 16.2. The van der Waals surface area contributed by atoms with Crippen molar-refractivity contribution in [3.63, 3.8) is 0 Å². The third-order valence-electron chi connectivity index (χ3n) is 5.91. The molecule has 2 fully saturated rings. The van der Waals surface area contributed by atoms with Gasteiger partial charge in [0.2, 0.25) is 5.91 Å². The molecule has 1 amide bonds. The molecule has 2 saturated carbocycles. The maximum Gasteiger partial charge on any atom is 0.341 e. The zero-order valence-electron chi connectivity index (χ0n) is 14.6. The third-order valence-corrected chi connectivity index (χ3v) is 5.91. The molecule has 1 N–H and O–H groups in total. The Balaban J connectivity index is 1.59. The van der Waals surface area contributed by atoms with Gasteiger partial charge in [-0.25, -0.2) is 4.79 Å². The molecule has 0 radical (unpaired) electrons. The molecule has 3 atom stereocenters. The molecular weight excluding hydrogens is 322 g/mol. The number of hydrogen-bond acceptors (Lipinski definition) is 5. The summed E-state index contributed by atoms with van der Waals surface area (Å²) < 4.78 is 15.9. The van der Waals surface area contributed by atoms with Crippen LogP contribution in [0.4, 0.5) is 5.69 Å². The summed E-state index contributed by atoms with van der Waals surface area (Å²) in [7, 11) is 3.03. The molecular formula is C19H23NO5. The molecule has 6 heteroatoms. The summed E-state index contributed by atoms with van der Waals surface area (Å²) in [5.41, 5.74) is 1.45. The molecule has 1 aliphatic heterocycles. The summed E-state index contributed by atoms with van der Waals surface area (Å²) in [5, 5.41) is 2.91. The van der Waals surface area contributed by atoms with Crippen molar-refractivity contribution >= 4 is 17.6 Å². The predicted octanol–water partition coefficient (Wildman–Crippen LogP) is 3.14. The topological polar surface area (TPSA) is 73.9 Å². The molecule has 1 aromatic carbocycles. The molecule has 0 saturated heterocycles. The van der Waals surface area contributed by atoms with Crippen molar-refractivity contribution in [3.8, 4) is 11.5 Å². The van der Waals surface area contributed by atoms with E-state index in [1.807, 2.05) is 0 Å². The van der Waals surface area contributed by atoms with Gasteiger partial charge < -0.3 is 19.5 Å². The van der Waals surface area contributed by atoms with Crippen LogP contribution in [0.25, 0.3) is 0 Å². The van der Waals surface area contributed by atoms with E-state index in [0.29, 0.717) is 46.6 Å². The quantitative estimate of drug-likeness (QED) is 0.830. The summed E-state index contributed by atoms with van der Waals surface area (Å²) in [5.74, 6) is 2.26. The fourth-order valence-electron chi connectivity index (χ4n) is 4.78. The Morgan fingerprint density at radius 3 is 2.76 bits per heavy atom. The lowest BCUT2D eigenvalue weighted by Gasteiger charge is -2.22. The number of methoxy groups -OCH3 is 2. The van der Waals surface area contributed by atoms with Gasteiger partial charge in [-0.1, -0.05) is 6.42 Å². The van der Waals surface area contributed by atoms with Crippen molar-refractivity contribution < 1.29 is 23.8 Å². The van der Waals surface area contributed by atoms with Crippen LogP contribution < -0.4 is 14.8 Å². The Morgan fingerprint density at radius 2 is 2.12 bits per heavy atom. The van der Waals surface area contributed by atoms with Gasteiger partial charge in [-0.05, 0) is 43.1 Å². The second-order valence-electron chi connectivity index (χ2n) is 7.28. The van der Waals surface area contributed by atoms with Gasteiger partial charge in [0.15, 0.2) is 11.5 Å². The van der Waals surface area contributed by atoms with Crippen LogP contribution >= 0.6 is 0 Å². The van der Waals surface area contributed by atoms with E-state index in [0.717, 1.165) is 12.3 Å². The fourth-order valence-corrected chi connectivity index (χ4v) is 4.78. The van der Waals surface area contributed by atoms with E-state index in [9.17, 15) is 9.59 Å². The Bertz CT molecular complexity index is 729. The van der Waals surface area contributed by atoms with E-state index in [-0.39, 0.29) is 12.5 Å². The summed E-state index contributed by atoms with van der Waals surface area (Å²) in [6.07, 6.45) is 5.46. The standard InChI is InChI=1S/C19H23NO5/c1-23-14-7-13-9-25-19(22)16(13)17(18(14)24-2)20-15(21)8-12-6-10-3-4-11(12)5-10/h7,10-12H,3-6,8-9H2,1-2H3,(H,20,21)/t10-,11-,12+/m1/s1. The minimum atomic E-state index is -0.439. The highest BCUT2D eigenvalue weighted by Gasteiger charge is 2.40. The number of amides is 1. The Kier molecular flexibility index (Phi) is 4.06. The fraction of sp³-hybridized carbons (Fsp3) is 0.579. The first-order valence-electron chi connectivity index (χ1n) is 8.85. The second-order valence-corrected chi connectivity index (χ2v) is 7.28. The summed E-state index contributed by atoms with van der Waals surface area (Å²) >= 11 is 0. The number of nitrogens with one attached hydrogen (secondary N) is 1. The molecule has 6 nitrogen and oxygen atoms in total. The molecule has 0 unspecified atom stereocenters. The van der Waals surface area contributed by atoms with Crippen LogP contribution in [-0.2, 0) is 16.1 Å². The number of ether oxygens (including phenoxy) is 3. The highest BCUT2D eigenvalue weighted by molar-refractivity contribution is 6.06. The lowest BCUT2D eigenvalue weighted by atomic mass is 9.86. The van der Waals surface area contributed by atoms with Gasteiger partial charge in [0.25, 0.3) is 0 Å². The molecule has 1 heterocycles. The number of cyclic esters (lactones) is 1. The van der Waals surface area contributed by atoms with Crippen LogP contribution in [0.15, 0.2) is 6.07 Å². The highest BCUT2D eigenvalue weighted by Crippen LogP contribution is 2.50. The summed E-state index contributed by atoms with van der Waals surface area (Å²) in [6, 6.07) is 1.73. The van der Waals surface area contributed by atoms with Crippen molar-refractivity contribution in [2.45, 2.75) is 38.7 Å². The van der Waals surface area contributed by atoms with Gasteiger partial charge in [0.05, 0.1) is 19.8 Å². The maximum absolute atomic E-state index is 12.7. The van der Waals surface area contributed by atoms with E-state index >= 15 is 0 Å². The lowest BCUT2D eigenvalue weighted by Crippen LogP contribution is -2.21. The Hall–Kier alpha value is -2.24. The monoisotopic (exact) mass is 345 g/mol. The number of benzene rings is 1. The Morgan fingerprint density at radius 1 is 1.28 bits per heavy atom. The maximum atomic E-state index is 12.7. The average Bonchev–Trinajstić information content (AvgIpc) is 3.30. The van der Waals surface area contributed by atoms with Crippen LogP contribution in [0.3, 0.4) is 0 Å². The van der Waals surface area contributed by atoms with Gasteiger partial charge in [0, 0.05) is 12.0 Å². The first-order valence-corrected chi connectivity index (χ1v) is 8.85. The second kappa shape index (κ2) is 6.24. The van der Waals surface area contributed by atoms with E-state index in [4.69, 9.17) is 14.2 Å². The minimum Gasteiger partial charge on any atom is -0.493 e. The van der Waals surface area contributed by atoms with Crippen LogP contribution in [0.2, 0.25) is 0 Å². The zero-order chi connectivity index (χ0) is 17.6. The van der Waals surface area contributed by atoms with Crippen LogP contribution in [0.1, 0.15) is 48.0 Å². The lowest BCUT2D eigenvalue weighted by molar-refractivity contribution is -0.117. The highest BCUT2D eigenvalue weighted by atomic mass is 16.5. The molecule has 4 rings (SSSR count). The average molecular weight is 345 g/mol. The number of carbonyl (C=O) groups excluding carboxylic acids is 2. The third kappa shape index (κ3) is 2.73. The van der Waals surface area contributed by atoms with E-state index in [2.05, 4.69) is 5.32 Å². The number of fused-ring (bicyclic) bond motifs is 3. The molecule has 2 bridgehead atoms. The smallest absolute Gasteiger partial charge is 0.341 e. The summed E-state index contributed by atoms with van der Waals surface area (Å²) in [4.78, 5) is 24.8. The number of hydrogen-bond donors (Lipinski definition) is 1. The van der Waals surface area contributed by atoms with Crippen LogP contribution in [-0.4, -0.2) is 26.1 Å². The zero-order valence-corrected chi connectivity index (χ0v) is 14.6. The number of anilines is 1. The number of esters is 1. The van der Waals surface area contributed by atoms with Gasteiger partial charge in [-0.3, -0.25) is 4.79 Å². The van der Waals surface area contributed by atoms with Crippen LogP contribution in [0.5, 0.6) is 11.5 Å². The largest absolute Gasteiger partial charge is 0.493 e. The SMILES string of the molecule is COc1cc2c(c(NC(=O)C[C@@H]3C[C@@H]4CC[C@@H]3C4)c1OC)C(=O)OC2. The predicted molar refractivity (Wildman–Crippen MR) is 90.9 cm³/mol. The van der Waals surface area contributed by atoms with Crippen molar-refractivity contribution in [3.05, 3.63) is 17.2 Å². The summed E-state index contributed by atoms with van der Waals surface area (Å²) in [6.45, 7) is 0.184. The molecule has 3 aliphatic rings. The van der Waals surface area contributed by atoms with Gasteiger partial charge in [0.1, 0.15) is 12.3 Å².